The lowest BCUT2D eigenvalue weighted by Gasteiger charge is -2.06. The Bertz CT molecular complexity index is 588. The van der Waals surface area contributed by atoms with Gasteiger partial charge in [0.25, 0.3) is 0 Å². The molecule has 1 atom stereocenters. The Labute approximate surface area is 130 Å². The van der Waals surface area contributed by atoms with E-state index in [0.717, 1.165) is 24.5 Å². The average molecular weight is 312 g/mol. The molecule has 1 unspecified atom stereocenters. The lowest BCUT2D eigenvalue weighted by Crippen LogP contribution is -2.00. The van der Waals surface area contributed by atoms with Crippen LogP contribution in [0.25, 0.3) is 10.9 Å². The van der Waals surface area contributed by atoms with Crippen LogP contribution in [0.3, 0.4) is 0 Å². The maximum atomic E-state index is 13.4. The van der Waals surface area contributed by atoms with E-state index >= 15 is 0 Å². The van der Waals surface area contributed by atoms with Crippen molar-refractivity contribution in [3.63, 3.8) is 0 Å². The Hall–Kier alpha value is -1.49. The van der Waals surface area contributed by atoms with Crippen LogP contribution < -0.4 is 0 Å². The number of hydrogen-bond acceptors (Lipinski definition) is 3. The molecule has 0 fully saturated rings. The molecule has 0 aliphatic rings. The van der Waals surface area contributed by atoms with Gasteiger partial charge in [0.1, 0.15) is 5.52 Å². The molecule has 0 N–H and O–H groups in total. The Kier molecular flexibility index (Phi) is 8.78. The molecule has 0 aliphatic heterocycles. The largest absolute Gasteiger partial charge is 0.298 e. The molecular formula is C16H22F2N2S. The molecule has 21 heavy (non-hydrogen) atoms. The van der Waals surface area contributed by atoms with Crippen molar-refractivity contribution in [3.8, 4) is 0 Å². The van der Waals surface area contributed by atoms with Crippen LogP contribution in [0.1, 0.15) is 26.3 Å². The van der Waals surface area contributed by atoms with Crippen molar-refractivity contribution in [2.45, 2.75) is 33.2 Å². The van der Waals surface area contributed by atoms with Gasteiger partial charge >= 0.3 is 0 Å². The summed E-state index contributed by atoms with van der Waals surface area (Å²) in [5.74, 6) is -1.76. The standard InChI is InChI=1S/C14H14F2N2.CH4S.CH4/c1-9(17-2)3-4-10-7-11-5-6-12(15)13(16)14(11)18-8-10;1-2;/h5-9H,2-4H2,1H3;2H,1H3;1H4. The highest BCUT2D eigenvalue weighted by molar-refractivity contribution is 7.79. The fourth-order valence-corrected chi connectivity index (χ4v) is 1.79. The number of pyridine rings is 1. The molecule has 1 heterocycles. The van der Waals surface area contributed by atoms with Gasteiger partial charge in [-0.2, -0.15) is 12.6 Å². The second-order valence-electron chi connectivity index (χ2n) is 4.35. The van der Waals surface area contributed by atoms with Crippen LogP contribution in [0.2, 0.25) is 0 Å². The van der Waals surface area contributed by atoms with Crippen LogP contribution in [0.5, 0.6) is 0 Å². The predicted octanol–water partition coefficient (Wildman–Crippen LogP) is 4.72. The van der Waals surface area contributed by atoms with Crippen molar-refractivity contribution >= 4 is 30.2 Å². The van der Waals surface area contributed by atoms with Gasteiger partial charge in [-0.05, 0) is 56.5 Å². The number of nitrogens with zero attached hydrogens (tertiary/aromatic N) is 2. The molecule has 0 bridgehead atoms. The first-order valence-electron chi connectivity index (χ1n) is 6.25. The number of aromatic nitrogens is 1. The summed E-state index contributed by atoms with van der Waals surface area (Å²) >= 11 is 3.53. The Balaban J connectivity index is 0.00000128. The molecule has 2 nitrogen and oxygen atoms in total. The van der Waals surface area contributed by atoms with Crippen molar-refractivity contribution in [3.05, 3.63) is 41.6 Å². The Morgan fingerprint density at radius 1 is 1.33 bits per heavy atom. The number of benzene rings is 1. The first kappa shape index (κ1) is 19.5. The molecule has 0 radical (unpaired) electrons. The molecule has 0 saturated carbocycles. The van der Waals surface area contributed by atoms with Crippen LogP contribution in [0.15, 0.2) is 29.4 Å². The van der Waals surface area contributed by atoms with Gasteiger partial charge in [-0.25, -0.2) is 8.78 Å². The highest BCUT2D eigenvalue weighted by atomic mass is 32.1. The second-order valence-corrected chi connectivity index (χ2v) is 4.35. The zero-order valence-corrected chi connectivity index (χ0v) is 12.5. The topological polar surface area (TPSA) is 25.2 Å². The summed E-state index contributed by atoms with van der Waals surface area (Å²) in [6.07, 6.45) is 4.93. The lowest BCUT2D eigenvalue weighted by molar-refractivity contribution is 0.515. The predicted molar refractivity (Wildman–Crippen MR) is 90.6 cm³/mol. The second kappa shape index (κ2) is 9.45. The average Bonchev–Trinajstić information content (AvgIpc) is 2.50. The van der Waals surface area contributed by atoms with E-state index in [0.29, 0.717) is 5.39 Å². The summed E-state index contributed by atoms with van der Waals surface area (Å²) in [6, 6.07) is 4.68. The normalized spacial score (nSPS) is 11.1. The minimum Gasteiger partial charge on any atom is -0.298 e. The molecular weight excluding hydrogens is 290 g/mol. The number of aryl methyl sites for hydroxylation is 1. The number of halogens is 2. The summed E-state index contributed by atoms with van der Waals surface area (Å²) in [4.78, 5) is 7.90. The summed E-state index contributed by atoms with van der Waals surface area (Å²) in [5.41, 5.74) is 1.07. The third-order valence-corrected chi connectivity index (χ3v) is 2.96. The molecule has 2 rings (SSSR count). The third kappa shape index (κ3) is 5.08. The fourth-order valence-electron chi connectivity index (χ4n) is 1.79. The molecule has 0 amide bonds. The van der Waals surface area contributed by atoms with E-state index in [4.69, 9.17) is 0 Å². The molecule has 1 aromatic carbocycles. The van der Waals surface area contributed by atoms with E-state index < -0.39 is 11.6 Å². The van der Waals surface area contributed by atoms with Gasteiger partial charge in [0.2, 0.25) is 0 Å². The molecule has 2 aromatic rings. The first-order valence-corrected chi connectivity index (χ1v) is 7.14. The number of thiol groups is 1. The molecule has 5 heteroatoms. The van der Waals surface area contributed by atoms with Gasteiger partial charge in [-0.1, -0.05) is 7.43 Å². The van der Waals surface area contributed by atoms with Crippen molar-refractivity contribution < 1.29 is 8.78 Å². The zero-order chi connectivity index (χ0) is 15.1. The summed E-state index contributed by atoms with van der Waals surface area (Å²) in [5, 5.41) is 0.616. The molecule has 1 aromatic heterocycles. The molecule has 0 saturated heterocycles. The summed E-state index contributed by atoms with van der Waals surface area (Å²) in [6.45, 7) is 5.47. The Morgan fingerprint density at radius 3 is 2.62 bits per heavy atom. The summed E-state index contributed by atoms with van der Waals surface area (Å²) < 4.78 is 26.5. The lowest BCUT2D eigenvalue weighted by atomic mass is 10.1. The smallest absolute Gasteiger partial charge is 0.184 e. The van der Waals surface area contributed by atoms with Gasteiger partial charge in [0.15, 0.2) is 11.6 Å². The van der Waals surface area contributed by atoms with Crippen molar-refractivity contribution in [2.75, 3.05) is 6.26 Å². The fraction of sp³-hybridized carbons (Fsp3) is 0.375. The number of rotatable bonds is 4. The van der Waals surface area contributed by atoms with E-state index in [9.17, 15) is 8.78 Å². The van der Waals surface area contributed by atoms with E-state index in [1.54, 1.807) is 18.5 Å². The van der Waals surface area contributed by atoms with Crippen LogP contribution in [-0.4, -0.2) is 24.0 Å². The maximum Gasteiger partial charge on any atom is 0.184 e. The van der Waals surface area contributed by atoms with Gasteiger partial charge in [-0.15, -0.1) is 0 Å². The SMILES string of the molecule is C.C=NC(C)CCc1cnc2c(F)c(F)ccc2c1.CS. The molecule has 116 valence electrons. The quantitative estimate of drug-likeness (QED) is 0.641. The van der Waals surface area contributed by atoms with E-state index in [1.807, 2.05) is 13.0 Å². The highest BCUT2D eigenvalue weighted by Gasteiger charge is 2.09. The molecule has 0 aliphatic carbocycles. The number of aliphatic imine (C=N–C) groups is 1. The van der Waals surface area contributed by atoms with Gasteiger partial charge in [0, 0.05) is 17.6 Å². The number of fused-ring (bicyclic) bond motifs is 1. The Morgan fingerprint density at radius 2 is 2.00 bits per heavy atom. The monoisotopic (exact) mass is 312 g/mol. The van der Waals surface area contributed by atoms with Gasteiger partial charge in [-0.3, -0.25) is 9.98 Å². The van der Waals surface area contributed by atoms with Crippen LogP contribution in [0.4, 0.5) is 8.78 Å². The van der Waals surface area contributed by atoms with E-state index in [-0.39, 0.29) is 19.0 Å². The first-order chi connectivity index (χ1) is 9.61. The van der Waals surface area contributed by atoms with Crippen LogP contribution in [0, 0.1) is 11.6 Å². The molecule has 0 spiro atoms. The van der Waals surface area contributed by atoms with E-state index in [1.165, 1.54) is 0 Å². The van der Waals surface area contributed by atoms with Gasteiger partial charge < -0.3 is 0 Å². The number of hydrogen-bond donors (Lipinski definition) is 1. The van der Waals surface area contributed by atoms with Crippen molar-refractivity contribution in [1.29, 1.82) is 0 Å². The zero-order valence-electron chi connectivity index (χ0n) is 11.6. The third-order valence-electron chi connectivity index (χ3n) is 2.96. The van der Waals surface area contributed by atoms with E-state index in [2.05, 4.69) is 29.3 Å². The van der Waals surface area contributed by atoms with Crippen molar-refractivity contribution in [2.24, 2.45) is 4.99 Å². The van der Waals surface area contributed by atoms with Crippen LogP contribution >= 0.6 is 12.6 Å². The summed E-state index contributed by atoms with van der Waals surface area (Å²) in [7, 11) is 0. The van der Waals surface area contributed by atoms with Gasteiger partial charge in [0.05, 0.1) is 0 Å². The maximum absolute atomic E-state index is 13.4. The van der Waals surface area contributed by atoms with Crippen LogP contribution in [-0.2, 0) is 6.42 Å². The highest BCUT2D eigenvalue weighted by Crippen LogP contribution is 2.20. The van der Waals surface area contributed by atoms with Crippen molar-refractivity contribution in [1.82, 2.24) is 4.98 Å². The minimum atomic E-state index is -0.889. The minimum absolute atomic E-state index is 0.